The van der Waals surface area contributed by atoms with Crippen molar-refractivity contribution < 1.29 is 4.21 Å². The van der Waals surface area contributed by atoms with Crippen molar-refractivity contribution in [2.45, 2.75) is 24.2 Å². The molecular weight excluding hydrogens is 242 g/mol. The first kappa shape index (κ1) is 14.5. The molecule has 0 aromatic heterocycles. The van der Waals surface area contributed by atoms with E-state index in [1.54, 1.807) is 5.41 Å². The maximum Gasteiger partial charge on any atom is 0.0793 e. The van der Waals surface area contributed by atoms with E-state index in [1.807, 2.05) is 49.3 Å². The van der Waals surface area contributed by atoms with E-state index in [2.05, 4.69) is 5.92 Å². The highest BCUT2D eigenvalue weighted by Gasteiger charge is 2.07. The Hall–Kier alpha value is -1.53. The van der Waals surface area contributed by atoms with Crippen LogP contribution in [0.5, 0.6) is 0 Å². The number of nitrogens with zero attached hydrogens (tertiary/aromatic N) is 1. The van der Waals surface area contributed by atoms with Gasteiger partial charge in [0.2, 0.25) is 0 Å². The molecule has 1 aromatic rings. The molecule has 0 saturated carbocycles. The predicted molar refractivity (Wildman–Crippen MR) is 79.0 cm³/mol. The van der Waals surface area contributed by atoms with Crippen molar-refractivity contribution in [2.24, 2.45) is 0 Å². The smallest absolute Gasteiger partial charge is 0.0793 e. The fourth-order valence-electron chi connectivity index (χ4n) is 1.55. The number of unbranched alkanes of at least 4 members (excludes halogenated alkanes) is 2. The van der Waals surface area contributed by atoms with Crippen LogP contribution in [-0.4, -0.2) is 18.3 Å². The highest BCUT2D eigenvalue weighted by molar-refractivity contribution is 7.88. The maximum absolute atomic E-state index is 12.2. The van der Waals surface area contributed by atoms with Crippen LogP contribution >= 0.6 is 0 Å². The average molecular weight is 261 g/mol. The molecule has 2 nitrogen and oxygen atoms in total. The Balaban J connectivity index is 2.70. The normalized spacial score (nSPS) is 12.3. The average Bonchev–Trinajstić information content (AvgIpc) is 2.38. The van der Waals surface area contributed by atoms with Crippen LogP contribution in [0.4, 0.5) is 5.69 Å². The van der Waals surface area contributed by atoms with Gasteiger partial charge in [-0.2, -0.15) is 0 Å². The van der Waals surface area contributed by atoms with Crippen molar-refractivity contribution in [1.29, 1.82) is 0 Å². The van der Waals surface area contributed by atoms with Gasteiger partial charge in [0.05, 0.1) is 21.4 Å². The largest absolute Gasteiger partial charge is 0.377 e. The monoisotopic (exact) mass is 261 g/mol. The Labute approximate surface area is 112 Å². The Morgan fingerprint density at radius 3 is 2.78 bits per heavy atom. The van der Waals surface area contributed by atoms with Crippen molar-refractivity contribution in [1.82, 2.24) is 0 Å². The maximum atomic E-state index is 12.2. The molecule has 0 N–H and O–H groups in total. The van der Waals surface area contributed by atoms with Gasteiger partial charge in [-0.1, -0.05) is 18.2 Å². The van der Waals surface area contributed by atoms with Crippen molar-refractivity contribution in [3.8, 4) is 12.3 Å². The number of terminal acetylenes is 1. The van der Waals surface area contributed by atoms with Gasteiger partial charge in [-0.05, 0) is 25.0 Å². The Kier molecular flexibility index (Phi) is 6.24. The minimum atomic E-state index is -1.09. The molecule has 0 aliphatic carbocycles. The first-order valence-corrected chi connectivity index (χ1v) is 7.15. The second kappa shape index (κ2) is 7.73. The first-order valence-electron chi connectivity index (χ1n) is 5.94. The zero-order chi connectivity index (χ0) is 13.4. The van der Waals surface area contributed by atoms with Crippen LogP contribution in [-0.2, 0) is 10.8 Å². The van der Waals surface area contributed by atoms with Crippen molar-refractivity contribution in [3.05, 3.63) is 35.7 Å². The Morgan fingerprint density at radius 1 is 1.39 bits per heavy atom. The van der Waals surface area contributed by atoms with E-state index in [1.165, 1.54) is 0 Å². The van der Waals surface area contributed by atoms with Crippen LogP contribution in [0, 0.1) is 12.3 Å². The molecule has 1 rings (SSSR count). The van der Waals surface area contributed by atoms with E-state index < -0.39 is 10.8 Å². The topological polar surface area (TPSA) is 20.3 Å². The number of anilines is 1. The highest BCUT2D eigenvalue weighted by atomic mass is 32.2. The number of benzene rings is 1. The fraction of sp³-hybridized carbons (Fsp3) is 0.333. The predicted octanol–water partition coefficient (Wildman–Crippen LogP) is 3.18. The molecule has 0 bridgehead atoms. The second-order valence-electron chi connectivity index (χ2n) is 4.13. The zero-order valence-electron chi connectivity index (χ0n) is 10.9. The molecule has 0 saturated heterocycles. The van der Waals surface area contributed by atoms with E-state index in [-0.39, 0.29) is 0 Å². The lowest BCUT2D eigenvalue weighted by Crippen LogP contribution is -2.11. The summed E-state index contributed by atoms with van der Waals surface area (Å²) >= 11 is 0. The Morgan fingerprint density at radius 2 is 2.11 bits per heavy atom. The third-order valence-corrected chi connectivity index (χ3v) is 3.69. The lowest BCUT2D eigenvalue weighted by molar-refractivity contribution is 0.688. The number of hydrogen-bond donors (Lipinski definition) is 0. The standard InChI is InChI=1S/C15H19NOS/c1-4-5-6-7-10-13-18(17)15-12-9-8-11-14(15)16(2)3/h1,8-13H,5-7H2,2-3H3/b13-10-/t18-/m1/s1. The van der Waals surface area contributed by atoms with Crippen LogP contribution in [0.3, 0.4) is 0 Å². The Bertz CT molecular complexity index is 472. The fourth-order valence-corrected chi connectivity index (χ4v) is 2.67. The number of rotatable bonds is 6. The summed E-state index contributed by atoms with van der Waals surface area (Å²) in [5.41, 5.74) is 0.990. The summed E-state index contributed by atoms with van der Waals surface area (Å²) in [6.07, 6.45) is 9.71. The summed E-state index contributed by atoms with van der Waals surface area (Å²) < 4.78 is 12.2. The van der Waals surface area contributed by atoms with Crippen LogP contribution in [0.15, 0.2) is 40.6 Å². The number of hydrogen-bond acceptors (Lipinski definition) is 2. The molecule has 0 amide bonds. The molecule has 0 unspecified atom stereocenters. The minimum Gasteiger partial charge on any atom is -0.377 e. The van der Waals surface area contributed by atoms with Gasteiger partial charge >= 0.3 is 0 Å². The molecule has 0 heterocycles. The molecule has 0 spiro atoms. The van der Waals surface area contributed by atoms with Gasteiger partial charge in [-0.3, -0.25) is 0 Å². The van der Waals surface area contributed by atoms with Gasteiger partial charge in [0.1, 0.15) is 0 Å². The summed E-state index contributed by atoms with van der Waals surface area (Å²) in [6, 6.07) is 7.73. The quantitative estimate of drug-likeness (QED) is 0.579. The van der Waals surface area contributed by atoms with Crippen molar-refractivity contribution in [3.63, 3.8) is 0 Å². The molecule has 3 heteroatoms. The van der Waals surface area contributed by atoms with Crippen LogP contribution in [0.2, 0.25) is 0 Å². The minimum absolute atomic E-state index is 0.769. The summed E-state index contributed by atoms with van der Waals surface area (Å²) in [5.74, 6) is 2.60. The molecule has 0 aliphatic heterocycles. The van der Waals surface area contributed by atoms with Gasteiger partial charge < -0.3 is 4.90 Å². The van der Waals surface area contributed by atoms with Crippen LogP contribution in [0.25, 0.3) is 0 Å². The molecule has 0 fully saturated rings. The SMILES string of the molecule is C#CCCC/C=C\[S@@](=O)c1ccccc1N(C)C. The lowest BCUT2D eigenvalue weighted by Gasteiger charge is -2.15. The summed E-state index contributed by atoms with van der Waals surface area (Å²) in [6.45, 7) is 0. The van der Waals surface area contributed by atoms with Gasteiger partial charge in [-0.15, -0.1) is 12.3 Å². The van der Waals surface area contributed by atoms with Crippen molar-refractivity contribution in [2.75, 3.05) is 19.0 Å². The lowest BCUT2D eigenvalue weighted by atomic mass is 10.2. The molecule has 18 heavy (non-hydrogen) atoms. The van der Waals surface area contributed by atoms with Gasteiger partial charge in [0, 0.05) is 25.9 Å². The van der Waals surface area contributed by atoms with Crippen molar-refractivity contribution >= 4 is 16.5 Å². The summed E-state index contributed by atoms with van der Waals surface area (Å²) in [7, 11) is 2.81. The number of allylic oxidation sites excluding steroid dienone is 1. The van der Waals surface area contributed by atoms with Gasteiger partial charge in [0.15, 0.2) is 0 Å². The summed E-state index contributed by atoms with van der Waals surface area (Å²) in [4.78, 5) is 2.81. The van der Waals surface area contributed by atoms with Gasteiger partial charge in [-0.25, -0.2) is 4.21 Å². The first-order chi connectivity index (χ1) is 8.66. The third kappa shape index (κ3) is 4.38. The van der Waals surface area contributed by atoms with E-state index >= 15 is 0 Å². The van der Waals surface area contributed by atoms with E-state index in [0.29, 0.717) is 0 Å². The van der Waals surface area contributed by atoms with E-state index in [4.69, 9.17) is 6.42 Å². The zero-order valence-corrected chi connectivity index (χ0v) is 11.7. The molecule has 1 atom stereocenters. The van der Waals surface area contributed by atoms with Gasteiger partial charge in [0.25, 0.3) is 0 Å². The molecule has 0 radical (unpaired) electrons. The van der Waals surface area contributed by atoms with E-state index in [0.717, 1.165) is 29.8 Å². The van der Waals surface area contributed by atoms with Crippen LogP contribution < -0.4 is 4.90 Å². The number of para-hydroxylation sites is 1. The van der Waals surface area contributed by atoms with E-state index in [9.17, 15) is 4.21 Å². The molecule has 1 aromatic carbocycles. The molecule has 0 aliphatic rings. The van der Waals surface area contributed by atoms with Crippen LogP contribution in [0.1, 0.15) is 19.3 Å². The summed E-state index contributed by atoms with van der Waals surface area (Å²) in [5, 5.41) is 1.75. The third-order valence-electron chi connectivity index (χ3n) is 2.48. The highest BCUT2D eigenvalue weighted by Crippen LogP contribution is 2.22. The molecular formula is C15H19NOS. The second-order valence-corrected chi connectivity index (χ2v) is 5.43. The molecule has 96 valence electrons.